The van der Waals surface area contributed by atoms with Crippen molar-refractivity contribution < 1.29 is 14.3 Å². The third-order valence-electron chi connectivity index (χ3n) is 2.64. The van der Waals surface area contributed by atoms with Gasteiger partial charge in [0.05, 0.1) is 11.3 Å². The minimum atomic E-state index is -1.27. The number of aromatic carboxylic acids is 1. The van der Waals surface area contributed by atoms with E-state index in [2.05, 4.69) is 5.10 Å². The number of aromatic nitrogens is 2. The highest BCUT2D eigenvalue weighted by Crippen LogP contribution is 2.22. The Balaban J connectivity index is 2.47. The largest absolute Gasteiger partial charge is 0.478 e. The summed E-state index contributed by atoms with van der Waals surface area (Å²) < 4.78 is 15.1. The Morgan fingerprint density at radius 1 is 1.44 bits per heavy atom. The SMILES string of the molecule is CCCn1nccc1-c1ccc(F)c(C(=O)O)c1. The third kappa shape index (κ3) is 2.25. The number of benzene rings is 1. The van der Waals surface area contributed by atoms with Crippen LogP contribution in [0.15, 0.2) is 30.5 Å². The van der Waals surface area contributed by atoms with Gasteiger partial charge in [-0.05, 0) is 30.7 Å². The fraction of sp³-hybridized carbons (Fsp3) is 0.231. The first-order valence-electron chi connectivity index (χ1n) is 5.68. The zero-order valence-electron chi connectivity index (χ0n) is 9.93. The summed E-state index contributed by atoms with van der Waals surface area (Å²) in [6.45, 7) is 2.76. The first kappa shape index (κ1) is 12.3. The van der Waals surface area contributed by atoms with Gasteiger partial charge in [0.15, 0.2) is 0 Å². The van der Waals surface area contributed by atoms with Crippen molar-refractivity contribution in [1.29, 1.82) is 0 Å². The quantitative estimate of drug-likeness (QED) is 0.905. The van der Waals surface area contributed by atoms with Crippen LogP contribution in [0.5, 0.6) is 0 Å². The molecule has 0 amide bonds. The molecule has 5 heteroatoms. The van der Waals surface area contributed by atoms with Gasteiger partial charge in [-0.25, -0.2) is 9.18 Å². The summed E-state index contributed by atoms with van der Waals surface area (Å²) in [6.07, 6.45) is 2.57. The lowest BCUT2D eigenvalue weighted by molar-refractivity contribution is 0.0692. The lowest BCUT2D eigenvalue weighted by Gasteiger charge is -2.07. The summed E-state index contributed by atoms with van der Waals surface area (Å²) in [5.74, 6) is -2.00. The molecule has 4 nitrogen and oxygen atoms in total. The standard InChI is InChI=1S/C13H13FN2O2/c1-2-7-16-12(5-6-15-16)9-3-4-11(14)10(8-9)13(17)18/h3-6,8H,2,7H2,1H3,(H,17,18). The fourth-order valence-corrected chi connectivity index (χ4v) is 1.82. The number of nitrogens with zero attached hydrogens (tertiary/aromatic N) is 2. The van der Waals surface area contributed by atoms with Crippen molar-refractivity contribution in [3.05, 3.63) is 41.8 Å². The van der Waals surface area contributed by atoms with Gasteiger partial charge in [0.1, 0.15) is 5.82 Å². The van der Waals surface area contributed by atoms with E-state index in [0.717, 1.165) is 18.7 Å². The molecule has 2 aromatic rings. The van der Waals surface area contributed by atoms with Gasteiger partial charge in [0.2, 0.25) is 0 Å². The van der Waals surface area contributed by atoms with Gasteiger partial charge in [-0.3, -0.25) is 4.68 Å². The van der Waals surface area contributed by atoms with Crippen molar-refractivity contribution >= 4 is 5.97 Å². The summed E-state index contributed by atoms with van der Waals surface area (Å²) in [5.41, 5.74) is 1.12. The number of rotatable bonds is 4. The van der Waals surface area contributed by atoms with Crippen LogP contribution in [0.3, 0.4) is 0 Å². The molecular weight excluding hydrogens is 235 g/mol. The molecule has 18 heavy (non-hydrogen) atoms. The normalized spacial score (nSPS) is 10.6. The fourth-order valence-electron chi connectivity index (χ4n) is 1.82. The van der Waals surface area contributed by atoms with Gasteiger partial charge >= 0.3 is 5.97 Å². The average molecular weight is 248 g/mol. The number of aryl methyl sites for hydroxylation is 1. The van der Waals surface area contributed by atoms with Crippen LogP contribution in [0.1, 0.15) is 23.7 Å². The van der Waals surface area contributed by atoms with Crippen LogP contribution in [-0.4, -0.2) is 20.9 Å². The second-order valence-corrected chi connectivity index (χ2v) is 3.94. The molecule has 0 spiro atoms. The van der Waals surface area contributed by atoms with Gasteiger partial charge in [0.25, 0.3) is 0 Å². The molecule has 0 bridgehead atoms. The highest BCUT2D eigenvalue weighted by molar-refractivity contribution is 5.89. The van der Waals surface area contributed by atoms with E-state index in [4.69, 9.17) is 5.11 Å². The molecule has 0 aliphatic rings. The molecule has 1 aromatic heterocycles. The second-order valence-electron chi connectivity index (χ2n) is 3.94. The molecule has 1 aromatic carbocycles. The Kier molecular flexibility index (Phi) is 3.41. The van der Waals surface area contributed by atoms with E-state index in [-0.39, 0.29) is 5.56 Å². The molecule has 0 saturated carbocycles. The zero-order chi connectivity index (χ0) is 13.1. The Labute approximate surface area is 104 Å². The summed E-state index contributed by atoms with van der Waals surface area (Å²) in [5, 5.41) is 13.1. The molecule has 0 fully saturated rings. The second kappa shape index (κ2) is 5.00. The molecule has 2 rings (SSSR count). The van der Waals surface area contributed by atoms with E-state index in [9.17, 15) is 9.18 Å². The van der Waals surface area contributed by atoms with Crippen molar-refractivity contribution in [2.75, 3.05) is 0 Å². The van der Waals surface area contributed by atoms with E-state index in [1.54, 1.807) is 23.0 Å². The monoisotopic (exact) mass is 248 g/mol. The van der Waals surface area contributed by atoms with Gasteiger partial charge < -0.3 is 5.11 Å². The number of hydrogen-bond acceptors (Lipinski definition) is 2. The first-order valence-corrected chi connectivity index (χ1v) is 5.68. The molecule has 1 N–H and O–H groups in total. The zero-order valence-corrected chi connectivity index (χ0v) is 9.93. The molecule has 0 radical (unpaired) electrons. The molecule has 0 unspecified atom stereocenters. The third-order valence-corrected chi connectivity index (χ3v) is 2.64. The van der Waals surface area contributed by atoms with Crippen molar-refractivity contribution in [3.63, 3.8) is 0 Å². The van der Waals surface area contributed by atoms with E-state index < -0.39 is 11.8 Å². The van der Waals surface area contributed by atoms with Crippen LogP contribution in [0.4, 0.5) is 4.39 Å². The molecule has 0 aliphatic heterocycles. The molecule has 1 heterocycles. The highest BCUT2D eigenvalue weighted by atomic mass is 19.1. The maximum Gasteiger partial charge on any atom is 0.338 e. The van der Waals surface area contributed by atoms with Gasteiger partial charge in [-0.1, -0.05) is 6.92 Å². The molecule has 0 atom stereocenters. The molecular formula is C13H13FN2O2. The van der Waals surface area contributed by atoms with Crippen molar-refractivity contribution in [3.8, 4) is 11.3 Å². The Hall–Kier alpha value is -2.17. The number of carboxylic acids is 1. The van der Waals surface area contributed by atoms with Crippen molar-refractivity contribution in [1.82, 2.24) is 9.78 Å². The van der Waals surface area contributed by atoms with E-state index in [1.165, 1.54) is 12.1 Å². The molecule has 0 aliphatic carbocycles. The van der Waals surface area contributed by atoms with Gasteiger partial charge in [0, 0.05) is 18.3 Å². The van der Waals surface area contributed by atoms with E-state index in [1.807, 2.05) is 6.92 Å². The minimum absolute atomic E-state index is 0.322. The molecule has 94 valence electrons. The summed E-state index contributed by atoms with van der Waals surface area (Å²) >= 11 is 0. The number of carboxylic acid groups (broad SMARTS) is 1. The van der Waals surface area contributed by atoms with Gasteiger partial charge in [-0.2, -0.15) is 5.10 Å². The number of carbonyl (C=O) groups is 1. The first-order chi connectivity index (χ1) is 8.63. The maximum atomic E-state index is 13.3. The van der Waals surface area contributed by atoms with Crippen LogP contribution >= 0.6 is 0 Å². The lowest BCUT2D eigenvalue weighted by atomic mass is 10.1. The van der Waals surface area contributed by atoms with Crippen LogP contribution < -0.4 is 0 Å². The van der Waals surface area contributed by atoms with E-state index >= 15 is 0 Å². The average Bonchev–Trinajstić information content (AvgIpc) is 2.78. The van der Waals surface area contributed by atoms with Crippen LogP contribution in [0.25, 0.3) is 11.3 Å². The number of hydrogen-bond donors (Lipinski definition) is 1. The molecule has 0 saturated heterocycles. The van der Waals surface area contributed by atoms with Crippen LogP contribution in [-0.2, 0) is 6.54 Å². The van der Waals surface area contributed by atoms with Crippen molar-refractivity contribution in [2.45, 2.75) is 19.9 Å². The Morgan fingerprint density at radius 2 is 2.22 bits per heavy atom. The smallest absolute Gasteiger partial charge is 0.338 e. The Morgan fingerprint density at radius 3 is 2.89 bits per heavy atom. The van der Waals surface area contributed by atoms with Crippen LogP contribution in [0.2, 0.25) is 0 Å². The summed E-state index contributed by atoms with van der Waals surface area (Å²) in [6, 6.07) is 5.85. The maximum absolute atomic E-state index is 13.3. The number of halogens is 1. The Bertz CT molecular complexity index is 578. The van der Waals surface area contributed by atoms with Crippen LogP contribution in [0, 0.1) is 5.82 Å². The topological polar surface area (TPSA) is 55.1 Å². The highest BCUT2D eigenvalue weighted by Gasteiger charge is 2.13. The summed E-state index contributed by atoms with van der Waals surface area (Å²) in [7, 11) is 0. The van der Waals surface area contributed by atoms with Crippen molar-refractivity contribution in [2.24, 2.45) is 0 Å². The van der Waals surface area contributed by atoms with E-state index in [0.29, 0.717) is 5.56 Å². The summed E-state index contributed by atoms with van der Waals surface area (Å²) in [4.78, 5) is 10.9. The lowest BCUT2D eigenvalue weighted by Crippen LogP contribution is -2.04. The predicted molar refractivity (Wildman–Crippen MR) is 64.9 cm³/mol. The minimum Gasteiger partial charge on any atom is -0.478 e. The van der Waals surface area contributed by atoms with Gasteiger partial charge in [-0.15, -0.1) is 0 Å². The predicted octanol–water partition coefficient (Wildman–Crippen LogP) is 2.80.